The average Bonchev–Trinajstić information content (AvgIpc) is 2.73. The molecule has 28 heavy (non-hydrogen) atoms. The van der Waals surface area contributed by atoms with Gasteiger partial charge in [0.05, 0.1) is 5.92 Å². The van der Waals surface area contributed by atoms with Crippen LogP contribution in [0.1, 0.15) is 57.9 Å². The summed E-state index contributed by atoms with van der Waals surface area (Å²) in [6.45, 7) is 11.0. The lowest BCUT2D eigenvalue weighted by Crippen LogP contribution is -2.50. The summed E-state index contributed by atoms with van der Waals surface area (Å²) in [6.07, 6.45) is 10.9. The molecule has 0 bridgehead atoms. The van der Waals surface area contributed by atoms with Gasteiger partial charge in [0.25, 0.3) is 0 Å². The van der Waals surface area contributed by atoms with Crippen molar-refractivity contribution in [2.24, 2.45) is 11.8 Å². The number of likely N-dealkylation sites (tertiary alicyclic amines) is 2. The molecule has 3 rings (SSSR count). The molecule has 2 aliphatic rings. The van der Waals surface area contributed by atoms with Gasteiger partial charge < -0.3 is 10.2 Å². The van der Waals surface area contributed by atoms with Gasteiger partial charge in [0.1, 0.15) is 0 Å². The Bertz CT molecular complexity index is 584. The predicted molar refractivity (Wildman–Crippen MR) is 114 cm³/mol. The molecule has 2 fully saturated rings. The number of pyridine rings is 1. The molecule has 1 aromatic heterocycles. The highest BCUT2D eigenvalue weighted by molar-refractivity contribution is 5.78. The van der Waals surface area contributed by atoms with Crippen molar-refractivity contribution in [1.82, 2.24) is 20.1 Å². The molecule has 0 spiro atoms. The lowest BCUT2D eigenvalue weighted by Gasteiger charge is -2.42. The second-order valence-corrected chi connectivity index (χ2v) is 9.02. The zero-order chi connectivity index (χ0) is 19.8. The fourth-order valence-corrected chi connectivity index (χ4v) is 4.62. The first kappa shape index (κ1) is 21.3. The highest BCUT2D eigenvalue weighted by atomic mass is 16.1. The van der Waals surface area contributed by atoms with E-state index < -0.39 is 0 Å². The van der Waals surface area contributed by atoms with Crippen molar-refractivity contribution in [1.29, 1.82) is 0 Å². The van der Waals surface area contributed by atoms with E-state index in [1.165, 1.54) is 45.3 Å². The van der Waals surface area contributed by atoms with Gasteiger partial charge in [-0.05, 0) is 82.3 Å². The molecule has 0 aliphatic carbocycles. The first-order valence-corrected chi connectivity index (χ1v) is 11.2. The van der Waals surface area contributed by atoms with Crippen LogP contribution in [-0.4, -0.2) is 59.5 Å². The summed E-state index contributed by atoms with van der Waals surface area (Å²) in [7, 11) is 0. The number of piperidine rings is 2. The van der Waals surface area contributed by atoms with Crippen molar-refractivity contribution >= 4 is 5.91 Å². The van der Waals surface area contributed by atoms with Crippen LogP contribution in [0.5, 0.6) is 0 Å². The average molecular weight is 387 g/mol. The maximum atomic E-state index is 12.7. The Kier molecular flexibility index (Phi) is 8.28. The number of nitrogens with one attached hydrogen (secondary N) is 1. The number of hydrogen-bond donors (Lipinski definition) is 1. The van der Waals surface area contributed by atoms with E-state index in [1.807, 2.05) is 18.3 Å². The van der Waals surface area contributed by atoms with Gasteiger partial charge in [0.2, 0.25) is 5.91 Å². The SMILES string of the molecule is CC(C)CCCN1CCC(N2CCCC(C(=O)NCc3cccnc3)C2)CC1. The molecule has 0 saturated carbocycles. The van der Waals surface area contributed by atoms with E-state index in [0.29, 0.717) is 12.6 Å². The summed E-state index contributed by atoms with van der Waals surface area (Å²) in [5, 5.41) is 3.12. The topological polar surface area (TPSA) is 48.5 Å². The van der Waals surface area contributed by atoms with Gasteiger partial charge in [0.15, 0.2) is 0 Å². The van der Waals surface area contributed by atoms with Gasteiger partial charge in [-0.25, -0.2) is 0 Å². The Labute approximate surface area is 170 Å². The smallest absolute Gasteiger partial charge is 0.224 e. The summed E-state index contributed by atoms with van der Waals surface area (Å²) in [6, 6.07) is 4.59. The second-order valence-electron chi connectivity index (χ2n) is 9.02. The minimum Gasteiger partial charge on any atom is -0.352 e. The van der Waals surface area contributed by atoms with Crippen molar-refractivity contribution in [3.05, 3.63) is 30.1 Å². The minimum atomic E-state index is 0.134. The molecule has 3 heterocycles. The van der Waals surface area contributed by atoms with Crippen molar-refractivity contribution in [3.63, 3.8) is 0 Å². The van der Waals surface area contributed by atoms with Gasteiger partial charge in [-0.2, -0.15) is 0 Å². The molecule has 0 radical (unpaired) electrons. The maximum absolute atomic E-state index is 12.7. The van der Waals surface area contributed by atoms with Gasteiger partial charge in [0, 0.05) is 31.5 Å². The molecule has 5 heteroatoms. The molecule has 1 atom stereocenters. The van der Waals surface area contributed by atoms with Crippen LogP contribution in [0.15, 0.2) is 24.5 Å². The zero-order valence-electron chi connectivity index (χ0n) is 17.8. The summed E-state index contributed by atoms with van der Waals surface area (Å²) in [5.74, 6) is 1.15. The molecule has 1 N–H and O–H groups in total. The number of amides is 1. The monoisotopic (exact) mass is 386 g/mol. The summed E-state index contributed by atoms with van der Waals surface area (Å²) >= 11 is 0. The van der Waals surface area contributed by atoms with Crippen LogP contribution in [0.4, 0.5) is 0 Å². The molecule has 5 nitrogen and oxygen atoms in total. The van der Waals surface area contributed by atoms with E-state index in [2.05, 4.69) is 33.9 Å². The molecular weight excluding hydrogens is 348 g/mol. The van der Waals surface area contributed by atoms with E-state index in [1.54, 1.807) is 6.20 Å². The third-order valence-electron chi connectivity index (χ3n) is 6.34. The van der Waals surface area contributed by atoms with Gasteiger partial charge in [-0.15, -0.1) is 0 Å². The van der Waals surface area contributed by atoms with Gasteiger partial charge in [-0.1, -0.05) is 19.9 Å². The predicted octanol–water partition coefficient (Wildman–Crippen LogP) is 3.31. The van der Waals surface area contributed by atoms with E-state index in [-0.39, 0.29) is 11.8 Å². The van der Waals surface area contributed by atoms with E-state index in [0.717, 1.165) is 37.4 Å². The van der Waals surface area contributed by atoms with Crippen molar-refractivity contribution < 1.29 is 4.79 Å². The van der Waals surface area contributed by atoms with E-state index in [4.69, 9.17) is 0 Å². The first-order valence-electron chi connectivity index (χ1n) is 11.2. The van der Waals surface area contributed by atoms with Crippen LogP contribution < -0.4 is 5.32 Å². The summed E-state index contributed by atoms with van der Waals surface area (Å²) < 4.78 is 0. The summed E-state index contributed by atoms with van der Waals surface area (Å²) in [4.78, 5) is 22.0. The normalized spacial score (nSPS) is 22.5. The third-order valence-corrected chi connectivity index (χ3v) is 6.34. The van der Waals surface area contributed by atoms with Gasteiger partial charge >= 0.3 is 0 Å². The fraction of sp³-hybridized carbons (Fsp3) is 0.739. The third kappa shape index (κ3) is 6.56. The van der Waals surface area contributed by atoms with Crippen LogP contribution >= 0.6 is 0 Å². The minimum absolute atomic E-state index is 0.134. The van der Waals surface area contributed by atoms with Crippen LogP contribution in [0, 0.1) is 11.8 Å². The number of carbonyl (C=O) groups is 1. The second kappa shape index (κ2) is 10.9. The molecule has 1 unspecified atom stereocenters. The Balaban J connectivity index is 1.39. The van der Waals surface area contributed by atoms with Crippen molar-refractivity contribution in [3.8, 4) is 0 Å². The molecule has 0 aromatic carbocycles. The van der Waals surface area contributed by atoms with E-state index in [9.17, 15) is 4.79 Å². The van der Waals surface area contributed by atoms with Crippen LogP contribution in [0.2, 0.25) is 0 Å². The molecule has 156 valence electrons. The largest absolute Gasteiger partial charge is 0.352 e. The maximum Gasteiger partial charge on any atom is 0.224 e. The Hall–Kier alpha value is -1.46. The van der Waals surface area contributed by atoms with Crippen molar-refractivity contribution in [2.75, 3.05) is 32.7 Å². The summed E-state index contributed by atoms with van der Waals surface area (Å²) in [5.41, 5.74) is 1.06. The highest BCUT2D eigenvalue weighted by Crippen LogP contribution is 2.24. The van der Waals surface area contributed by atoms with Gasteiger partial charge in [-0.3, -0.25) is 14.7 Å². The zero-order valence-corrected chi connectivity index (χ0v) is 17.8. The molecule has 1 aromatic rings. The van der Waals surface area contributed by atoms with Crippen LogP contribution in [0.25, 0.3) is 0 Å². The number of carbonyl (C=O) groups excluding carboxylic acids is 1. The quantitative estimate of drug-likeness (QED) is 0.745. The lowest BCUT2D eigenvalue weighted by molar-refractivity contribution is -0.127. The number of rotatable bonds is 8. The Morgan fingerprint density at radius 3 is 2.79 bits per heavy atom. The number of aromatic nitrogens is 1. The highest BCUT2D eigenvalue weighted by Gasteiger charge is 2.31. The number of hydrogen-bond acceptors (Lipinski definition) is 4. The Morgan fingerprint density at radius 1 is 1.25 bits per heavy atom. The standard InChI is InChI=1S/C23H38N4O/c1-19(2)6-4-12-26-14-9-22(10-15-26)27-13-5-8-21(18-27)23(28)25-17-20-7-3-11-24-16-20/h3,7,11,16,19,21-22H,4-6,8-10,12-15,17-18H2,1-2H3,(H,25,28). The van der Waals surface area contributed by atoms with E-state index >= 15 is 0 Å². The lowest BCUT2D eigenvalue weighted by atomic mass is 9.93. The van der Waals surface area contributed by atoms with Crippen LogP contribution in [-0.2, 0) is 11.3 Å². The number of nitrogens with zero attached hydrogens (tertiary/aromatic N) is 3. The fourth-order valence-electron chi connectivity index (χ4n) is 4.62. The van der Waals surface area contributed by atoms with Crippen LogP contribution in [0.3, 0.4) is 0 Å². The molecule has 2 saturated heterocycles. The van der Waals surface area contributed by atoms with Crippen molar-refractivity contribution in [2.45, 2.75) is 65.0 Å². The molecule has 1 amide bonds. The first-order chi connectivity index (χ1) is 13.6. The molecule has 2 aliphatic heterocycles. The Morgan fingerprint density at radius 2 is 2.07 bits per heavy atom. The molecular formula is C23H38N4O.